The van der Waals surface area contributed by atoms with E-state index in [1.165, 1.54) is 22.7 Å². The summed E-state index contributed by atoms with van der Waals surface area (Å²) in [5.41, 5.74) is 2.70. The summed E-state index contributed by atoms with van der Waals surface area (Å²) in [5, 5.41) is 4.63. The van der Waals surface area contributed by atoms with Crippen LogP contribution in [0.3, 0.4) is 0 Å². The van der Waals surface area contributed by atoms with Gasteiger partial charge in [0.05, 0.1) is 13.2 Å². The molecule has 0 atom stereocenters. The highest BCUT2D eigenvalue weighted by atomic mass is 127. The fourth-order valence-corrected chi connectivity index (χ4v) is 4.82. The SMILES string of the molecule is CCc1nsc(N2CCN(C(=NC)NCc3ccccc3CN3CCOCC3)CC2)n1.I. The van der Waals surface area contributed by atoms with E-state index in [0.29, 0.717) is 0 Å². The van der Waals surface area contributed by atoms with Crippen molar-refractivity contribution in [3.05, 3.63) is 41.2 Å². The van der Waals surface area contributed by atoms with Crippen molar-refractivity contribution < 1.29 is 4.74 Å². The second-order valence-corrected chi connectivity index (χ2v) is 8.61. The summed E-state index contributed by atoms with van der Waals surface area (Å²) >= 11 is 1.51. The number of anilines is 1. The average molecular weight is 572 g/mol. The Bertz CT molecular complexity index is 863. The number of rotatable bonds is 6. The molecule has 0 aliphatic carbocycles. The predicted octanol–water partition coefficient (Wildman–Crippen LogP) is 2.45. The monoisotopic (exact) mass is 571 g/mol. The zero-order valence-corrected chi connectivity index (χ0v) is 22.1. The van der Waals surface area contributed by atoms with Crippen molar-refractivity contribution in [2.75, 3.05) is 64.4 Å². The molecule has 2 aromatic rings. The van der Waals surface area contributed by atoms with E-state index < -0.39 is 0 Å². The van der Waals surface area contributed by atoms with E-state index in [0.717, 1.165) is 88.9 Å². The molecule has 1 N–H and O–H groups in total. The largest absolute Gasteiger partial charge is 0.379 e. The predicted molar refractivity (Wildman–Crippen MR) is 141 cm³/mol. The normalized spacial score (nSPS) is 17.9. The lowest BCUT2D eigenvalue weighted by Gasteiger charge is -2.36. The van der Waals surface area contributed by atoms with Crippen molar-refractivity contribution in [2.45, 2.75) is 26.4 Å². The third-order valence-electron chi connectivity index (χ3n) is 5.89. The number of aliphatic imine (C=N–C) groups is 1. The molecule has 0 bridgehead atoms. The molecular formula is C22H34IN7OS. The van der Waals surface area contributed by atoms with E-state index in [4.69, 9.17) is 4.74 Å². The molecule has 4 rings (SSSR count). The Morgan fingerprint density at radius 1 is 1.09 bits per heavy atom. The maximum Gasteiger partial charge on any atom is 0.205 e. The maximum atomic E-state index is 5.49. The van der Waals surface area contributed by atoms with Crippen LogP contribution in [0.2, 0.25) is 0 Å². The molecule has 8 nitrogen and oxygen atoms in total. The number of nitrogens with zero attached hydrogens (tertiary/aromatic N) is 6. The Morgan fingerprint density at radius 3 is 2.47 bits per heavy atom. The standard InChI is InChI=1S/C22H33N7OS.HI/c1-3-20-25-22(31-26-20)29-10-8-28(9-11-29)21(23-2)24-16-18-6-4-5-7-19(18)17-27-12-14-30-15-13-27;/h4-7H,3,8-17H2,1-2H3,(H,23,24);1H. The van der Waals surface area contributed by atoms with Gasteiger partial charge in [0.1, 0.15) is 5.82 Å². The van der Waals surface area contributed by atoms with Crippen LogP contribution in [0.4, 0.5) is 5.13 Å². The summed E-state index contributed by atoms with van der Waals surface area (Å²) in [4.78, 5) is 16.3. The van der Waals surface area contributed by atoms with E-state index in [9.17, 15) is 0 Å². The minimum atomic E-state index is 0. The molecule has 2 fully saturated rings. The molecule has 2 saturated heterocycles. The number of guanidine groups is 1. The van der Waals surface area contributed by atoms with Crippen molar-refractivity contribution in [2.24, 2.45) is 4.99 Å². The van der Waals surface area contributed by atoms with Crippen LogP contribution in [-0.2, 0) is 24.2 Å². The topological polar surface area (TPSA) is 69.1 Å². The van der Waals surface area contributed by atoms with Gasteiger partial charge in [0.15, 0.2) is 5.96 Å². The Hall–Kier alpha value is -1.50. The smallest absolute Gasteiger partial charge is 0.205 e. The average Bonchev–Trinajstić information content (AvgIpc) is 3.31. The number of morpholine rings is 1. The third kappa shape index (κ3) is 6.52. The van der Waals surface area contributed by atoms with Gasteiger partial charge in [-0.25, -0.2) is 4.98 Å². The quantitative estimate of drug-likeness (QED) is 0.325. The molecule has 3 heterocycles. The number of benzene rings is 1. The van der Waals surface area contributed by atoms with E-state index >= 15 is 0 Å². The fraction of sp³-hybridized carbons (Fsp3) is 0.591. The van der Waals surface area contributed by atoms with Crippen molar-refractivity contribution in [3.8, 4) is 0 Å². The second-order valence-electron chi connectivity index (χ2n) is 7.88. The summed E-state index contributed by atoms with van der Waals surface area (Å²) in [7, 11) is 1.87. The van der Waals surface area contributed by atoms with E-state index in [-0.39, 0.29) is 24.0 Å². The van der Waals surface area contributed by atoms with Crippen LogP contribution in [0, 0.1) is 0 Å². The third-order valence-corrected chi connectivity index (χ3v) is 6.70. The van der Waals surface area contributed by atoms with Crippen molar-refractivity contribution in [3.63, 3.8) is 0 Å². The van der Waals surface area contributed by atoms with Gasteiger partial charge in [-0.05, 0) is 11.1 Å². The number of piperazine rings is 1. The lowest BCUT2D eigenvalue weighted by molar-refractivity contribution is 0.0341. The van der Waals surface area contributed by atoms with Crippen molar-refractivity contribution in [1.82, 2.24) is 24.5 Å². The first-order chi connectivity index (χ1) is 15.3. The van der Waals surface area contributed by atoms with Gasteiger partial charge < -0.3 is 19.9 Å². The Balaban J connectivity index is 0.00000289. The first-order valence-corrected chi connectivity index (χ1v) is 11.9. The van der Waals surface area contributed by atoms with Gasteiger partial charge in [0, 0.05) is 77.4 Å². The summed E-state index contributed by atoms with van der Waals surface area (Å²) in [5.74, 6) is 1.91. The first kappa shape index (κ1) is 25.1. The van der Waals surface area contributed by atoms with E-state index in [1.54, 1.807) is 0 Å². The van der Waals surface area contributed by atoms with Gasteiger partial charge in [-0.3, -0.25) is 9.89 Å². The molecule has 1 aromatic carbocycles. The molecule has 0 radical (unpaired) electrons. The highest BCUT2D eigenvalue weighted by molar-refractivity contribution is 14.0. The molecule has 0 amide bonds. The molecule has 0 spiro atoms. The molecule has 1 aromatic heterocycles. The second kappa shape index (κ2) is 12.7. The zero-order valence-electron chi connectivity index (χ0n) is 19.0. The summed E-state index contributed by atoms with van der Waals surface area (Å²) < 4.78 is 9.91. The molecule has 2 aliphatic heterocycles. The lowest BCUT2D eigenvalue weighted by atomic mass is 10.1. The lowest BCUT2D eigenvalue weighted by Crippen LogP contribution is -2.52. The fourth-order valence-electron chi connectivity index (χ4n) is 4.02. The highest BCUT2D eigenvalue weighted by Crippen LogP contribution is 2.19. The van der Waals surface area contributed by atoms with Gasteiger partial charge in [0.25, 0.3) is 0 Å². The van der Waals surface area contributed by atoms with Gasteiger partial charge in [-0.2, -0.15) is 4.37 Å². The Morgan fingerprint density at radius 2 is 1.81 bits per heavy atom. The Labute approximate surface area is 212 Å². The Kier molecular flexibility index (Phi) is 9.94. The number of hydrogen-bond donors (Lipinski definition) is 1. The van der Waals surface area contributed by atoms with Crippen LogP contribution in [0.1, 0.15) is 23.9 Å². The number of halogens is 1. The van der Waals surface area contributed by atoms with E-state index in [2.05, 4.69) is 65.6 Å². The zero-order chi connectivity index (χ0) is 21.5. The van der Waals surface area contributed by atoms with Gasteiger partial charge in [-0.15, -0.1) is 24.0 Å². The van der Waals surface area contributed by atoms with Gasteiger partial charge in [-0.1, -0.05) is 31.2 Å². The van der Waals surface area contributed by atoms with Crippen LogP contribution in [0.15, 0.2) is 29.3 Å². The molecule has 0 saturated carbocycles. The van der Waals surface area contributed by atoms with E-state index in [1.807, 2.05) is 7.05 Å². The van der Waals surface area contributed by atoms with Crippen LogP contribution >= 0.6 is 35.5 Å². The molecule has 176 valence electrons. The van der Waals surface area contributed by atoms with Crippen molar-refractivity contribution >= 4 is 46.6 Å². The highest BCUT2D eigenvalue weighted by Gasteiger charge is 2.22. The minimum Gasteiger partial charge on any atom is -0.379 e. The molecular weight excluding hydrogens is 537 g/mol. The van der Waals surface area contributed by atoms with Gasteiger partial charge >= 0.3 is 0 Å². The summed E-state index contributed by atoms with van der Waals surface area (Å²) in [6.07, 6.45) is 0.889. The first-order valence-electron chi connectivity index (χ1n) is 11.2. The van der Waals surface area contributed by atoms with Crippen LogP contribution in [0.25, 0.3) is 0 Å². The number of hydrogen-bond acceptors (Lipinski definition) is 7. The van der Waals surface area contributed by atoms with Crippen molar-refractivity contribution in [1.29, 1.82) is 0 Å². The maximum absolute atomic E-state index is 5.49. The number of aryl methyl sites for hydroxylation is 1. The number of aromatic nitrogens is 2. The molecule has 2 aliphatic rings. The van der Waals surface area contributed by atoms with Crippen LogP contribution in [0.5, 0.6) is 0 Å². The summed E-state index contributed by atoms with van der Waals surface area (Å²) in [6.45, 7) is 11.2. The summed E-state index contributed by atoms with van der Waals surface area (Å²) in [6, 6.07) is 8.70. The number of nitrogens with one attached hydrogen (secondary N) is 1. The molecule has 0 unspecified atom stereocenters. The van der Waals surface area contributed by atoms with Crippen LogP contribution in [-0.4, -0.2) is 84.6 Å². The molecule has 10 heteroatoms. The number of ether oxygens (including phenoxy) is 1. The van der Waals surface area contributed by atoms with Crippen LogP contribution < -0.4 is 10.2 Å². The van der Waals surface area contributed by atoms with Gasteiger partial charge in [0.2, 0.25) is 5.13 Å². The minimum absolute atomic E-state index is 0. The molecule has 32 heavy (non-hydrogen) atoms.